The quantitative estimate of drug-likeness (QED) is 0.509. The molecule has 7 nitrogen and oxygen atoms in total. The van der Waals surface area contributed by atoms with Crippen molar-refractivity contribution in [3.63, 3.8) is 0 Å². The van der Waals surface area contributed by atoms with Crippen molar-refractivity contribution in [2.24, 2.45) is 10.8 Å². The zero-order chi connectivity index (χ0) is 25.6. The van der Waals surface area contributed by atoms with Crippen LogP contribution in [0.5, 0.6) is 0 Å². The number of nitrogens with zero attached hydrogens (tertiary/aromatic N) is 3. The third kappa shape index (κ3) is 3.82. The monoisotopic (exact) mass is 517 g/mol. The number of aromatic nitrogens is 3. The van der Waals surface area contributed by atoms with Crippen molar-refractivity contribution < 1.29 is 31.0 Å². The number of hydrogen-bond donors (Lipinski definition) is 2. The molecule has 2 aromatic rings. The van der Waals surface area contributed by atoms with Gasteiger partial charge in [0.05, 0.1) is 15.4 Å². The summed E-state index contributed by atoms with van der Waals surface area (Å²) in [5.41, 5.74) is -4.37. The number of nitrogens with one attached hydrogen (secondary N) is 2. The number of pyridine rings is 1. The van der Waals surface area contributed by atoms with Crippen LogP contribution in [0.25, 0.3) is 0 Å². The van der Waals surface area contributed by atoms with Crippen molar-refractivity contribution >= 4 is 21.3 Å². The number of amides is 1. The van der Waals surface area contributed by atoms with Gasteiger partial charge in [0.1, 0.15) is 16.3 Å². The summed E-state index contributed by atoms with van der Waals surface area (Å²) in [5, 5.41) is 6.40. The number of rotatable bonds is 6. The molecule has 35 heavy (non-hydrogen) atoms. The molecule has 3 saturated carbocycles. The molecule has 2 heterocycles. The van der Waals surface area contributed by atoms with Gasteiger partial charge in [0.15, 0.2) is 0 Å². The Morgan fingerprint density at radius 1 is 1.31 bits per heavy atom. The van der Waals surface area contributed by atoms with Crippen LogP contribution in [-0.4, -0.2) is 37.1 Å². The average Bonchev–Trinajstić information content (AvgIpc) is 3.62. The molecule has 2 aromatic heterocycles. The minimum Gasteiger partial charge on any atom is -0.320 e. The second-order valence-electron chi connectivity index (χ2n) is 10.2. The third-order valence-corrected chi connectivity index (χ3v) is 8.57. The van der Waals surface area contributed by atoms with Crippen LogP contribution in [0.1, 0.15) is 66.7 Å². The van der Waals surface area contributed by atoms with E-state index < -0.39 is 62.2 Å². The molecule has 1 spiro atoms. The predicted octanol–water partition coefficient (Wildman–Crippen LogP) is 5.29. The molecule has 1 amide bonds. The molecule has 0 radical (unpaired) electrons. The van der Waals surface area contributed by atoms with E-state index in [0.29, 0.717) is 12.8 Å². The standard InChI is InChI=1S/C22H24F5N5O2S/c1-19(10-21(23,24)20(19)6-7-20)11-32-17(15(22(25,26)27)16(31-32)12-3-4-12)18(33)30-13-5-8-29-14(9-13)35(2,28)34/h5,8-9,12,28H,3-4,6-7,10-11H2,1-2H3,(H,29,30,33)/t19-,35+/m1/s1. The van der Waals surface area contributed by atoms with Crippen LogP contribution < -0.4 is 5.32 Å². The van der Waals surface area contributed by atoms with E-state index in [0.717, 1.165) is 17.0 Å². The second kappa shape index (κ2) is 7.23. The SMILES string of the molecule is C[C@]1(Cn2nc(C3CC3)c(C(F)(F)F)c2C(=O)Nc2ccnc([S@@](C)(=N)=O)c2)CC(F)(F)C12CC2. The van der Waals surface area contributed by atoms with Crippen LogP contribution in [-0.2, 0) is 22.5 Å². The van der Waals surface area contributed by atoms with Gasteiger partial charge in [-0.15, -0.1) is 0 Å². The summed E-state index contributed by atoms with van der Waals surface area (Å²) in [7, 11) is -3.23. The summed E-state index contributed by atoms with van der Waals surface area (Å²) in [6.07, 6.45) is -1.48. The summed E-state index contributed by atoms with van der Waals surface area (Å²) in [5.74, 6) is -4.44. The Bertz CT molecular complexity index is 1330. The van der Waals surface area contributed by atoms with Gasteiger partial charge in [0.25, 0.3) is 11.8 Å². The van der Waals surface area contributed by atoms with E-state index in [1.54, 1.807) is 6.92 Å². The van der Waals surface area contributed by atoms with Crippen molar-refractivity contribution in [2.45, 2.75) is 68.6 Å². The average molecular weight is 518 g/mol. The van der Waals surface area contributed by atoms with Gasteiger partial charge >= 0.3 is 6.18 Å². The van der Waals surface area contributed by atoms with Crippen molar-refractivity contribution in [1.82, 2.24) is 14.8 Å². The largest absolute Gasteiger partial charge is 0.420 e. The molecule has 5 rings (SSSR count). The first-order chi connectivity index (χ1) is 16.1. The summed E-state index contributed by atoms with van der Waals surface area (Å²) in [6.45, 7) is 1.38. The maximum absolute atomic E-state index is 14.3. The molecule has 0 unspecified atom stereocenters. The molecule has 2 N–H and O–H groups in total. The number of anilines is 1. The molecule has 0 bridgehead atoms. The molecule has 0 saturated heterocycles. The molecule has 0 aromatic carbocycles. The molecule has 3 aliphatic carbocycles. The fraction of sp³-hybridized carbons (Fsp3) is 0.591. The highest BCUT2D eigenvalue weighted by Gasteiger charge is 2.80. The number of alkyl halides is 5. The lowest BCUT2D eigenvalue weighted by atomic mass is 9.55. The lowest BCUT2D eigenvalue weighted by Crippen LogP contribution is -2.59. The highest BCUT2D eigenvalue weighted by atomic mass is 32.2. The molecular weight excluding hydrogens is 493 g/mol. The van der Waals surface area contributed by atoms with E-state index in [2.05, 4.69) is 15.4 Å². The Hall–Kier alpha value is -2.57. The van der Waals surface area contributed by atoms with Gasteiger partial charge in [-0.2, -0.15) is 18.3 Å². The molecular formula is C22H24F5N5O2S. The van der Waals surface area contributed by atoms with Crippen molar-refractivity contribution in [1.29, 1.82) is 4.78 Å². The summed E-state index contributed by atoms with van der Waals surface area (Å²) in [4.78, 5) is 17.1. The Kier molecular flexibility index (Phi) is 4.99. The molecule has 0 aliphatic heterocycles. The Labute approximate surface area is 198 Å². The van der Waals surface area contributed by atoms with Gasteiger partial charge in [-0.3, -0.25) is 9.48 Å². The minimum absolute atomic E-state index is 0.00993. The number of carbonyl (C=O) groups is 1. The fourth-order valence-electron chi connectivity index (χ4n) is 5.43. The van der Waals surface area contributed by atoms with Gasteiger partial charge in [-0.1, -0.05) is 6.92 Å². The van der Waals surface area contributed by atoms with E-state index in [1.165, 1.54) is 12.3 Å². The molecule has 3 fully saturated rings. The number of hydrogen-bond acceptors (Lipinski definition) is 5. The van der Waals surface area contributed by atoms with Crippen LogP contribution in [0.2, 0.25) is 0 Å². The number of halogens is 5. The zero-order valence-corrected chi connectivity index (χ0v) is 19.8. The topological polar surface area (TPSA) is 101 Å². The molecule has 2 atom stereocenters. The van der Waals surface area contributed by atoms with Gasteiger partial charge in [0, 0.05) is 47.9 Å². The Morgan fingerprint density at radius 3 is 2.49 bits per heavy atom. The summed E-state index contributed by atoms with van der Waals surface area (Å²) >= 11 is 0. The van der Waals surface area contributed by atoms with Crippen molar-refractivity contribution in [3.8, 4) is 0 Å². The van der Waals surface area contributed by atoms with Gasteiger partial charge in [-0.25, -0.2) is 22.8 Å². The van der Waals surface area contributed by atoms with Crippen molar-refractivity contribution in [3.05, 3.63) is 35.3 Å². The van der Waals surface area contributed by atoms with Crippen molar-refractivity contribution in [2.75, 3.05) is 11.6 Å². The lowest BCUT2D eigenvalue weighted by Gasteiger charge is -2.54. The van der Waals surface area contributed by atoms with Crippen LogP contribution in [0.15, 0.2) is 23.4 Å². The van der Waals surface area contributed by atoms with Crippen LogP contribution in [0.4, 0.5) is 27.6 Å². The van der Waals surface area contributed by atoms with E-state index in [9.17, 15) is 31.0 Å². The maximum atomic E-state index is 14.3. The highest BCUT2D eigenvalue weighted by Crippen LogP contribution is 2.78. The Balaban J connectivity index is 1.56. The zero-order valence-electron chi connectivity index (χ0n) is 19.0. The van der Waals surface area contributed by atoms with Crippen LogP contribution in [0.3, 0.4) is 0 Å². The molecule has 3 aliphatic rings. The van der Waals surface area contributed by atoms with E-state index in [1.807, 2.05) is 0 Å². The highest BCUT2D eigenvalue weighted by molar-refractivity contribution is 7.91. The van der Waals surface area contributed by atoms with Gasteiger partial charge < -0.3 is 5.32 Å². The normalized spacial score (nSPS) is 26.1. The first kappa shape index (κ1) is 24.1. The second-order valence-corrected chi connectivity index (χ2v) is 12.3. The third-order valence-electron chi connectivity index (χ3n) is 7.55. The smallest absolute Gasteiger partial charge is 0.320 e. The van der Waals surface area contributed by atoms with Gasteiger partial charge in [-0.05, 0) is 37.8 Å². The van der Waals surface area contributed by atoms with Crippen LogP contribution in [0, 0.1) is 15.6 Å². The number of carbonyl (C=O) groups excluding carboxylic acids is 1. The Morgan fingerprint density at radius 2 is 1.97 bits per heavy atom. The first-order valence-electron chi connectivity index (χ1n) is 11.1. The summed E-state index contributed by atoms with van der Waals surface area (Å²) in [6, 6.07) is 2.46. The van der Waals surface area contributed by atoms with Gasteiger partial charge in [0.2, 0.25) is 0 Å². The lowest BCUT2D eigenvalue weighted by molar-refractivity contribution is -0.243. The first-order valence-corrected chi connectivity index (χ1v) is 13.1. The van der Waals surface area contributed by atoms with E-state index in [-0.39, 0.29) is 35.8 Å². The minimum atomic E-state index is -4.88. The fourth-order valence-corrected chi connectivity index (χ4v) is 6.05. The van der Waals surface area contributed by atoms with E-state index in [4.69, 9.17) is 4.78 Å². The summed E-state index contributed by atoms with van der Waals surface area (Å²) < 4.78 is 91.9. The molecule has 13 heteroatoms. The van der Waals surface area contributed by atoms with Crippen LogP contribution >= 0.6 is 0 Å². The van der Waals surface area contributed by atoms with E-state index >= 15 is 0 Å². The molecule has 190 valence electrons. The maximum Gasteiger partial charge on any atom is 0.420 e. The predicted molar refractivity (Wildman–Crippen MR) is 116 cm³/mol.